The van der Waals surface area contributed by atoms with E-state index >= 15 is 0 Å². The second-order valence-electron chi connectivity index (χ2n) is 5.50. The minimum Gasteiger partial charge on any atom is -0.491 e. The van der Waals surface area contributed by atoms with Crippen molar-refractivity contribution < 1.29 is 19.7 Å². The zero-order valence-electron chi connectivity index (χ0n) is 14.0. The third kappa shape index (κ3) is 3.72. The molecule has 0 radical (unpaired) electrons. The van der Waals surface area contributed by atoms with Crippen molar-refractivity contribution in [1.82, 2.24) is 9.97 Å². The van der Waals surface area contributed by atoms with Crippen molar-refractivity contribution in [2.45, 2.75) is 6.54 Å². The SMILES string of the molecule is COc1ccc(N(Cc2cccnc2)c2cccc(C(=O)O)c2)nc1O. The van der Waals surface area contributed by atoms with Crippen molar-refractivity contribution >= 4 is 17.5 Å². The number of benzene rings is 1. The lowest BCUT2D eigenvalue weighted by molar-refractivity contribution is 0.0697. The van der Waals surface area contributed by atoms with E-state index in [0.29, 0.717) is 18.1 Å². The van der Waals surface area contributed by atoms with E-state index in [4.69, 9.17) is 4.74 Å². The van der Waals surface area contributed by atoms with Gasteiger partial charge in [0.1, 0.15) is 5.82 Å². The number of rotatable bonds is 6. The number of ether oxygens (including phenoxy) is 1. The van der Waals surface area contributed by atoms with Crippen molar-refractivity contribution in [2.24, 2.45) is 0 Å². The number of carboxylic acids is 1. The van der Waals surface area contributed by atoms with E-state index in [1.165, 1.54) is 13.2 Å². The third-order valence-electron chi connectivity index (χ3n) is 3.79. The van der Waals surface area contributed by atoms with Crippen LogP contribution in [0.3, 0.4) is 0 Å². The number of hydrogen-bond donors (Lipinski definition) is 2. The normalized spacial score (nSPS) is 10.3. The molecule has 3 aromatic rings. The first-order valence-electron chi connectivity index (χ1n) is 7.82. The van der Waals surface area contributed by atoms with Gasteiger partial charge in [-0.05, 0) is 42.0 Å². The van der Waals surface area contributed by atoms with Crippen molar-refractivity contribution in [3.05, 3.63) is 72.1 Å². The fourth-order valence-corrected chi connectivity index (χ4v) is 2.52. The van der Waals surface area contributed by atoms with Crippen LogP contribution < -0.4 is 9.64 Å². The van der Waals surface area contributed by atoms with Crippen LogP contribution in [-0.4, -0.2) is 33.3 Å². The van der Waals surface area contributed by atoms with Gasteiger partial charge in [0, 0.05) is 18.1 Å². The summed E-state index contributed by atoms with van der Waals surface area (Å²) >= 11 is 0. The lowest BCUT2D eigenvalue weighted by atomic mass is 10.1. The number of carboxylic acid groups (broad SMARTS) is 1. The fourth-order valence-electron chi connectivity index (χ4n) is 2.52. The van der Waals surface area contributed by atoms with Crippen molar-refractivity contribution in [1.29, 1.82) is 0 Å². The molecule has 2 aromatic heterocycles. The monoisotopic (exact) mass is 351 g/mol. The number of aromatic nitrogens is 2. The standard InChI is InChI=1S/C19H17N3O4/c1-26-16-7-8-17(21-18(16)23)22(12-13-4-3-9-20-11-13)15-6-2-5-14(10-15)19(24)25/h2-11H,12H2,1H3,(H,21,23)(H,24,25). The molecule has 2 N–H and O–H groups in total. The second kappa shape index (κ2) is 7.52. The van der Waals surface area contributed by atoms with Gasteiger partial charge in [0.05, 0.1) is 19.2 Å². The second-order valence-corrected chi connectivity index (χ2v) is 5.50. The summed E-state index contributed by atoms with van der Waals surface area (Å²) in [6, 6.07) is 13.6. The molecule has 132 valence electrons. The molecule has 0 saturated heterocycles. The average Bonchev–Trinajstić information content (AvgIpc) is 2.67. The maximum absolute atomic E-state index is 11.3. The van der Waals surface area contributed by atoms with Crippen LogP contribution in [0, 0.1) is 0 Å². The average molecular weight is 351 g/mol. The van der Waals surface area contributed by atoms with E-state index in [1.807, 2.05) is 12.1 Å². The summed E-state index contributed by atoms with van der Waals surface area (Å²) in [5.74, 6) is -0.543. The summed E-state index contributed by atoms with van der Waals surface area (Å²) in [6.07, 6.45) is 3.40. The molecule has 0 amide bonds. The Hall–Kier alpha value is -3.61. The maximum Gasteiger partial charge on any atom is 0.335 e. The topological polar surface area (TPSA) is 95.8 Å². The quantitative estimate of drug-likeness (QED) is 0.704. The van der Waals surface area contributed by atoms with E-state index in [-0.39, 0.29) is 17.2 Å². The maximum atomic E-state index is 11.3. The summed E-state index contributed by atoms with van der Waals surface area (Å²) in [5, 5.41) is 19.3. The van der Waals surface area contributed by atoms with Gasteiger partial charge < -0.3 is 19.8 Å². The fraction of sp³-hybridized carbons (Fsp3) is 0.105. The number of nitrogens with zero attached hydrogens (tertiary/aromatic N) is 3. The molecule has 7 heteroatoms. The molecule has 0 atom stereocenters. The summed E-state index contributed by atoms with van der Waals surface area (Å²) in [5.41, 5.74) is 1.70. The van der Waals surface area contributed by atoms with Gasteiger partial charge in [-0.3, -0.25) is 4.98 Å². The van der Waals surface area contributed by atoms with Gasteiger partial charge in [0.25, 0.3) is 5.88 Å². The Kier molecular flexibility index (Phi) is 4.98. The largest absolute Gasteiger partial charge is 0.491 e. The highest BCUT2D eigenvalue weighted by atomic mass is 16.5. The molecule has 0 fully saturated rings. The molecule has 0 spiro atoms. The van der Waals surface area contributed by atoms with Gasteiger partial charge in [-0.2, -0.15) is 4.98 Å². The summed E-state index contributed by atoms with van der Waals surface area (Å²) in [6.45, 7) is 0.398. The Bertz CT molecular complexity index is 916. The summed E-state index contributed by atoms with van der Waals surface area (Å²) in [7, 11) is 1.44. The highest BCUT2D eigenvalue weighted by Gasteiger charge is 2.16. The lowest BCUT2D eigenvalue weighted by Gasteiger charge is -2.24. The molecule has 0 unspecified atom stereocenters. The van der Waals surface area contributed by atoms with Crippen LogP contribution in [0.25, 0.3) is 0 Å². The Morgan fingerprint density at radius 3 is 2.69 bits per heavy atom. The Balaban J connectivity index is 2.06. The molecule has 26 heavy (non-hydrogen) atoms. The Morgan fingerprint density at radius 1 is 1.19 bits per heavy atom. The van der Waals surface area contributed by atoms with Gasteiger partial charge in [-0.25, -0.2) is 4.79 Å². The van der Waals surface area contributed by atoms with Gasteiger partial charge >= 0.3 is 5.97 Å². The van der Waals surface area contributed by atoms with Gasteiger partial charge in [-0.1, -0.05) is 12.1 Å². The zero-order chi connectivity index (χ0) is 18.5. The van der Waals surface area contributed by atoms with Gasteiger partial charge in [-0.15, -0.1) is 0 Å². The zero-order valence-corrected chi connectivity index (χ0v) is 14.0. The molecular weight excluding hydrogens is 334 g/mol. The first kappa shape index (κ1) is 17.2. The molecule has 0 bridgehead atoms. The van der Waals surface area contributed by atoms with Crippen molar-refractivity contribution in [2.75, 3.05) is 12.0 Å². The van der Waals surface area contributed by atoms with E-state index in [1.54, 1.807) is 47.6 Å². The number of aromatic hydroxyl groups is 1. The summed E-state index contributed by atoms with van der Waals surface area (Å²) in [4.78, 5) is 21.4. The molecule has 0 saturated carbocycles. The molecule has 0 aliphatic heterocycles. The number of anilines is 2. The number of carbonyl (C=O) groups is 1. The van der Waals surface area contributed by atoms with E-state index in [9.17, 15) is 15.0 Å². The minimum absolute atomic E-state index is 0.163. The van der Waals surface area contributed by atoms with E-state index in [2.05, 4.69) is 9.97 Å². The van der Waals surface area contributed by atoms with Gasteiger partial charge in [0.15, 0.2) is 5.75 Å². The van der Waals surface area contributed by atoms with Crippen LogP contribution in [0.5, 0.6) is 11.6 Å². The number of aromatic carboxylic acids is 1. The van der Waals surface area contributed by atoms with Crippen molar-refractivity contribution in [3.63, 3.8) is 0 Å². The van der Waals surface area contributed by atoms with Crippen LogP contribution in [0.2, 0.25) is 0 Å². The Labute approximate surface area is 150 Å². The van der Waals surface area contributed by atoms with Crippen LogP contribution in [0.1, 0.15) is 15.9 Å². The van der Waals surface area contributed by atoms with Crippen LogP contribution in [0.4, 0.5) is 11.5 Å². The summed E-state index contributed by atoms with van der Waals surface area (Å²) < 4.78 is 5.04. The molecule has 1 aromatic carbocycles. The van der Waals surface area contributed by atoms with Crippen molar-refractivity contribution in [3.8, 4) is 11.6 Å². The first-order chi connectivity index (χ1) is 12.6. The molecule has 2 heterocycles. The van der Waals surface area contributed by atoms with Gasteiger partial charge in [0.2, 0.25) is 0 Å². The molecule has 7 nitrogen and oxygen atoms in total. The predicted octanol–water partition coefficient (Wildman–Crippen LogP) is 3.23. The minimum atomic E-state index is -1.02. The van der Waals surface area contributed by atoms with Crippen LogP contribution >= 0.6 is 0 Å². The number of hydrogen-bond acceptors (Lipinski definition) is 6. The number of methoxy groups -OCH3 is 1. The molecule has 0 aliphatic rings. The third-order valence-corrected chi connectivity index (χ3v) is 3.79. The Morgan fingerprint density at radius 2 is 2.04 bits per heavy atom. The molecular formula is C19H17N3O4. The first-order valence-corrected chi connectivity index (χ1v) is 7.82. The predicted molar refractivity (Wildman–Crippen MR) is 95.9 cm³/mol. The highest BCUT2D eigenvalue weighted by molar-refractivity contribution is 5.89. The van der Waals surface area contributed by atoms with Crippen LogP contribution in [-0.2, 0) is 6.54 Å². The number of pyridine rings is 2. The van der Waals surface area contributed by atoms with E-state index < -0.39 is 5.97 Å². The molecule has 0 aliphatic carbocycles. The van der Waals surface area contributed by atoms with E-state index in [0.717, 1.165) is 5.56 Å². The molecule has 3 rings (SSSR count). The lowest BCUT2D eigenvalue weighted by Crippen LogP contribution is -2.18. The van der Waals surface area contributed by atoms with Crippen LogP contribution in [0.15, 0.2) is 60.9 Å². The smallest absolute Gasteiger partial charge is 0.335 e. The highest BCUT2D eigenvalue weighted by Crippen LogP contribution is 2.31.